The molecule has 1 aromatic heterocycles. The third-order valence-corrected chi connectivity index (χ3v) is 3.30. The molecule has 8 heteroatoms. The molecule has 2 amide bonds. The molecule has 2 rings (SSSR count). The summed E-state index contributed by atoms with van der Waals surface area (Å²) in [6, 6.07) is -0.455. The van der Waals surface area contributed by atoms with Crippen LogP contribution in [0.5, 0.6) is 0 Å². The highest BCUT2D eigenvalue weighted by Crippen LogP contribution is 2.22. The molecule has 1 fully saturated rings. The summed E-state index contributed by atoms with van der Waals surface area (Å²) in [6.45, 7) is 0. The maximum Gasteiger partial charge on any atom is 0.251 e. The fourth-order valence-electron chi connectivity index (χ4n) is 1.48. The SMILES string of the molecule is CN1C(=O)CCC(Nc2nsnc2Cl)C1=O. The first-order valence-corrected chi connectivity index (χ1v) is 5.75. The Hall–Kier alpha value is -1.21. The Morgan fingerprint density at radius 1 is 1.50 bits per heavy atom. The molecule has 16 heavy (non-hydrogen) atoms. The number of likely N-dealkylation sites (tertiary alicyclic amines) is 1. The average molecular weight is 261 g/mol. The molecule has 1 N–H and O–H groups in total. The summed E-state index contributed by atoms with van der Waals surface area (Å²) in [5.41, 5.74) is 0. The standard InChI is InChI=1S/C8H9ClN4O2S/c1-13-5(14)3-2-4(8(13)15)10-7-6(9)11-16-12-7/h4H,2-3H2,1H3,(H,10,12). The third kappa shape index (κ3) is 2.00. The lowest BCUT2D eigenvalue weighted by molar-refractivity contribution is -0.146. The zero-order valence-corrected chi connectivity index (χ0v) is 10.0. The molecule has 0 saturated carbocycles. The molecule has 1 aliphatic rings. The Morgan fingerprint density at radius 3 is 2.88 bits per heavy atom. The smallest absolute Gasteiger partial charge is 0.251 e. The van der Waals surface area contributed by atoms with Crippen molar-refractivity contribution < 1.29 is 9.59 Å². The van der Waals surface area contributed by atoms with E-state index >= 15 is 0 Å². The minimum absolute atomic E-state index is 0.162. The van der Waals surface area contributed by atoms with Gasteiger partial charge in [-0.3, -0.25) is 14.5 Å². The number of anilines is 1. The van der Waals surface area contributed by atoms with E-state index in [9.17, 15) is 9.59 Å². The largest absolute Gasteiger partial charge is 0.355 e. The van der Waals surface area contributed by atoms with Crippen molar-refractivity contribution in [1.29, 1.82) is 0 Å². The van der Waals surface area contributed by atoms with E-state index in [2.05, 4.69) is 14.1 Å². The number of nitrogens with one attached hydrogen (secondary N) is 1. The van der Waals surface area contributed by atoms with Gasteiger partial charge in [0, 0.05) is 13.5 Å². The van der Waals surface area contributed by atoms with Crippen molar-refractivity contribution in [2.45, 2.75) is 18.9 Å². The van der Waals surface area contributed by atoms with Crippen LogP contribution < -0.4 is 5.32 Å². The summed E-state index contributed by atoms with van der Waals surface area (Å²) in [4.78, 5) is 24.1. The van der Waals surface area contributed by atoms with E-state index in [-0.39, 0.29) is 17.0 Å². The van der Waals surface area contributed by atoms with Crippen LogP contribution in [0.3, 0.4) is 0 Å². The molecule has 0 aliphatic carbocycles. The number of rotatable bonds is 2. The van der Waals surface area contributed by atoms with E-state index in [0.29, 0.717) is 18.7 Å². The van der Waals surface area contributed by atoms with Gasteiger partial charge in [0.1, 0.15) is 6.04 Å². The Labute approximate surface area is 101 Å². The average Bonchev–Trinajstić information content (AvgIpc) is 2.65. The van der Waals surface area contributed by atoms with Crippen molar-refractivity contribution >= 4 is 41.0 Å². The van der Waals surface area contributed by atoms with E-state index in [4.69, 9.17) is 11.6 Å². The van der Waals surface area contributed by atoms with Gasteiger partial charge in [-0.2, -0.15) is 8.75 Å². The second kappa shape index (κ2) is 4.34. The van der Waals surface area contributed by atoms with Crippen molar-refractivity contribution in [3.63, 3.8) is 0 Å². The van der Waals surface area contributed by atoms with Crippen LogP contribution in [0.4, 0.5) is 5.82 Å². The number of nitrogens with zero attached hydrogens (tertiary/aromatic N) is 3. The van der Waals surface area contributed by atoms with Gasteiger partial charge in [-0.05, 0) is 6.42 Å². The van der Waals surface area contributed by atoms with Crippen molar-refractivity contribution in [2.24, 2.45) is 0 Å². The fourth-order valence-corrected chi connectivity index (χ4v) is 2.14. The Balaban J connectivity index is 2.09. The predicted octanol–water partition coefficient (Wildman–Crippen LogP) is 0.751. The molecule has 0 bridgehead atoms. The number of aromatic nitrogens is 2. The molecule has 86 valence electrons. The highest BCUT2D eigenvalue weighted by Gasteiger charge is 2.32. The zero-order chi connectivity index (χ0) is 11.7. The van der Waals surface area contributed by atoms with Crippen LogP contribution in [0.2, 0.25) is 5.15 Å². The van der Waals surface area contributed by atoms with Crippen LogP contribution in [0.25, 0.3) is 0 Å². The molecule has 1 atom stereocenters. The highest BCUT2D eigenvalue weighted by atomic mass is 35.5. The Bertz CT molecular complexity index is 435. The van der Waals surface area contributed by atoms with E-state index < -0.39 is 6.04 Å². The maximum absolute atomic E-state index is 11.7. The lowest BCUT2D eigenvalue weighted by Crippen LogP contribution is -2.48. The first-order chi connectivity index (χ1) is 7.59. The summed E-state index contributed by atoms with van der Waals surface area (Å²) >= 11 is 6.73. The number of amides is 2. The number of likely N-dealkylation sites (N-methyl/N-ethyl adjacent to an activating group) is 1. The second-order valence-electron chi connectivity index (χ2n) is 3.43. The third-order valence-electron chi connectivity index (χ3n) is 2.41. The summed E-state index contributed by atoms with van der Waals surface area (Å²) in [7, 11) is 1.47. The van der Waals surface area contributed by atoms with Gasteiger partial charge in [-0.15, -0.1) is 0 Å². The molecule has 1 aromatic rings. The van der Waals surface area contributed by atoms with E-state index in [0.717, 1.165) is 16.6 Å². The number of imide groups is 1. The summed E-state index contributed by atoms with van der Waals surface area (Å²) in [6.07, 6.45) is 0.797. The lowest BCUT2D eigenvalue weighted by Gasteiger charge is -2.28. The number of carbonyl (C=O) groups excluding carboxylic acids is 2. The maximum atomic E-state index is 11.7. The quantitative estimate of drug-likeness (QED) is 0.795. The number of piperidine rings is 1. The van der Waals surface area contributed by atoms with Gasteiger partial charge < -0.3 is 5.32 Å². The molecule has 0 radical (unpaired) electrons. The van der Waals surface area contributed by atoms with Crippen LogP contribution in [-0.2, 0) is 9.59 Å². The highest BCUT2D eigenvalue weighted by molar-refractivity contribution is 6.99. The first-order valence-electron chi connectivity index (χ1n) is 4.64. The second-order valence-corrected chi connectivity index (χ2v) is 4.32. The summed E-state index contributed by atoms with van der Waals surface area (Å²) < 4.78 is 7.70. The minimum atomic E-state index is -0.455. The van der Waals surface area contributed by atoms with E-state index in [1.165, 1.54) is 7.05 Å². The first kappa shape index (κ1) is 11.3. The number of hydrogen-bond donors (Lipinski definition) is 1. The molecule has 1 saturated heterocycles. The van der Waals surface area contributed by atoms with Crippen molar-refractivity contribution in [1.82, 2.24) is 13.6 Å². The number of halogens is 1. The van der Waals surface area contributed by atoms with Crippen molar-refractivity contribution in [2.75, 3.05) is 12.4 Å². The van der Waals surface area contributed by atoms with E-state index in [1.807, 2.05) is 0 Å². The van der Waals surface area contributed by atoms with Crippen molar-refractivity contribution in [3.8, 4) is 0 Å². The fraction of sp³-hybridized carbons (Fsp3) is 0.500. The Kier molecular flexibility index (Phi) is 3.06. The molecular formula is C8H9ClN4O2S. The predicted molar refractivity (Wildman–Crippen MR) is 59.3 cm³/mol. The zero-order valence-electron chi connectivity index (χ0n) is 8.44. The van der Waals surface area contributed by atoms with Gasteiger partial charge in [-0.1, -0.05) is 11.6 Å². The Morgan fingerprint density at radius 2 is 2.25 bits per heavy atom. The molecule has 0 spiro atoms. The molecule has 6 nitrogen and oxygen atoms in total. The van der Waals surface area contributed by atoms with Gasteiger partial charge in [0.25, 0.3) is 5.91 Å². The minimum Gasteiger partial charge on any atom is -0.355 e. The molecule has 1 unspecified atom stereocenters. The summed E-state index contributed by atoms with van der Waals surface area (Å²) in [5, 5.41) is 3.14. The van der Waals surface area contributed by atoms with Crippen LogP contribution >= 0.6 is 23.3 Å². The molecular weight excluding hydrogens is 252 g/mol. The van der Waals surface area contributed by atoms with Gasteiger partial charge in [0.15, 0.2) is 11.0 Å². The lowest BCUT2D eigenvalue weighted by atomic mass is 10.1. The van der Waals surface area contributed by atoms with Gasteiger partial charge >= 0.3 is 0 Å². The molecule has 1 aliphatic heterocycles. The van der Waals surface area contributed by atoms with Crippen LogP contribution in [0.1, 0.15) is 12.8 Å². The van der Waals surface area contributed by atoms with Gasteiger partial charge in [0.05, 0.1) is 11.7 Å². The van der Waals surface area contributed by atoms with E-state index in [1.54, 1.807) is 0 Å². The molecule has 0 aromatic carbocycles. The topological polar surface area (TPSA) is 75.2 Å². The number of hydrogen-bond acceptors (Lipinski definition) is 6. The van der Waals surface area contributed by atoms with Crippen LogP contribution in [-0.4, -0.2) is 38.6 Å². The number of carbonyl (C=O) groups is 2. The van der Waals surface area contributed by atoms with Gasteiger partial charge in [-0.25, -0.2) is 0 Å². The monoisotopic (exact) mass is 260 g/mol. The normalized spacial score (nSPS) is 21.4. The van der Waals surface area contributed by atoms with Gasteiger partial charge in [0.2, 0.25) is 5.91 Å². The van der Waals surface area contributed by atoms with Crippen LogP contribution in [0.15, 0.2) is 0 Å². The van der Waals surface area contributed by atoms with Crippen molar-refractivity contribution in [3.05, 3.63) is 5.15 Å². The summed E-state index contributed by atoms with van der Waals surface area (Å²) in [5.74, 6) is -0.0290. The van der Waals surface area contributed by atoms with Crippen LogP contribution in [0, 0.1) is 0 Å². The molecule has 2 heterocycles.